The summed E-state index contributed by atoms with van der Waals surface area (Å²) in [4.78, 5) is 33.4. The van der Waals surface area contributed by atoms with E-state index in [1.165, 1.54) is 13.0 Å². The van der Waals surface area contributed by atoms with Gasteiger partial charge in [-0.25, -0.2) is 0 Å². The number of halogens is 2. The topological polar surface area (TPSA) is 101 Å². The van der Waals surface area contributed by atoms with Crippen LogP contribution in [0.3, 0.4) is 0 Å². The number of nitrogens with one attached hydrogen (secondary N) is 2. The van der Waals surface area contributed by atoms with E-state index in [1.54, 1.807) is 24.3 Å². The number of nitro groups is 1. The van der Waals surface area contributed by atoms with Gasteiger partial charge in [-0.3, -0.25) is 19.7 Å². The predicted molar refractivity (Wildman–Crippen MR) is 91.8 cm³/mol. The molecule has 0 saturated carbocycles. The zero-order valence-electron chi connectivity index (χ0n) is 12.3. The lowest BCUT2D eigenvalue weighted by Crippen LogP contribution is -2.12. The monoisotopic (exact) mass is 367 g/mol. The highest BCUT2D eigenvalue weighted by atomic mass is 35.5. The number of nitrogens with zero attached hydrogens (tertiary/aromatic N) is 1. The third-order valence-corrected chi connectivity index (χ3v) is 3.72. The Bertz CT molecular complexity index is 822. The molecule has 2 aromatic rings. The second kappa shape index (κ2) is 7.29. The molecule has 0 radical (unpaired) electrons. The summed E-state index contributed by atoms with van der Waals surface area (Å²) in [6.07, 6.45) is 0. The molecular formula is C15H11Cl2N3O4. The van der Waals surface area contributed by atoms with Crippen LogP contribution in [0.15, 0.2) is 36.4 Å². The van der Waals surface area contributed by atoms with Crippen molar-refractivity contribution in [1.29, 1.82) is 0 Å². The van der Waals surface area contributed by atoms with E-state index >= 15 is 0 Å². The molecule has 0 aliphatic rings. The summed E-state index contributed by atoms with van der Waals surface area (Å²) in [6, 6.07) is 8.67. The first-order valence-electron chi connectivity index (χ1n) is 6.60. The molecule has 2 N–H and O–H groups in total. The van der Waals surface area contributed by atoms with Crippen molar-refractivity contribution in [2.24, 2.45) is 0 Å². The molecule has 0 atom stereocenters. The molecule has 0 heterocycles. The lowest BCUT2D eigenvalue weighted by molar-refractivity contribution is -0.384. The van der Waals surface area contributed by atoms with Crippen molar-refractivity contribution in [2.45, 2.75) is 6.92 Å². The Balaban J connectivity index is 2.21. The lowest BCUT2D eigenvalue weighted by atomic mass is 10.1. The molecule has 0 spiro atoms. The minimum atomic E-state index is -0.715. The van der Waals surface area contributed by atoms with Gasteiger partial charge in [-0.2, -0.15) is 0 Å². The first-order valence-corrected chi connectivity index (χ1v) is 7.36. The smallest absolute Gasteiger partial charge is 0.290 e. The number of hydrogen-bond donors (Lipinski definition) is 2. The zero-order chi connectivity index (χ0) is 17.9. The highest BCUT2D eigenvalue weighted by Gasteiger charge is 2.20. The molecule has 0 fully saturated rings. The van der Waals surface area contributed by atoms with E-state index in [-0.39, 0.29) is 21.5 Å². The summed E-state index contributed by atoms with van der Waals surface area (Å²) in [5.41, 5.74) is 0.575. The van der Waals surface area contributed by atoms with Crippen LogP contribution in [0.5, 0.6) is 0 Å². The van der Waals surface area contributed by atoms with E-state index in [0.29, 0.717) is 11.4 Å². The summed E-state index contributed by atoms with van der Waals surface area (Å²) in [5.74, 6) is -0.793. The van der Waals surface area contributed by atoms with Gasteiger partial charge in [0.25, 0.3) is 11.6 Å². The fraction of sp³-hybridized carbons (Fsp3) is 0.0667. The third-order valence-electron chi connectivity index (χ3n) is 2.93. The lowest BCUT2D eigenvalue weighted by Gasteiger charge is -2.08. The van der Waals surface area contributed by atoms with Crippen molar-refractivity contribution in [3.63, 3.8) is 0 Å². The van der Waals surface area contributed by atoms with E-state index in [2.05, 4.69) is 10.6 Å². The fourth-order valence-electron chi connectivity index (χ4n) is 1.88. The van der Waals surface area contributed by atoms with Gasteiger partial charge < -0.3 is 10.6 Å². The van der Waals surface area contributed by atoms with Gasteiger partial charge in [0.15, 0.2) is 0 Å². The Labute approximate surface area is 146 Å². The van der Waals surface area contributed by atoms with Crippen LogP contribution >= 0.6 is 23.2 Å². The molecule has 2 aromatic carbocycles. The molecular weight excluding hydrogens is 357 g/mol. The fourth-order valence-corrected chi connectivity index (χ4v) is 2.27. The van der Waals surface area contributed by atoms with Crippen LogP contribution in [-0.2, 0) is 4.79 Å². The van der Waals surface area contributed by atoms with Crippen molar-refractivity contribution < 1.29 is 14.5 Å². The van der Waals surface area contributed by atoms with Crippen LogP contribution in [0.4, 0.5) is 17.1 Å². The van der Waals surface area contributed by atoms with E-state index in [0.717, 1.165) is 6.07 Å². The van der Waals surface area contributed by atoms with Gasteiger partial charge in [-0.15, -0.1) is 0 Å². The summed E-state index contributed by atoms with van der Waals surface area (Å²) >= 11 is 11.6. The number of anilines is 2. The maximum absolute atomic E-state index is 12.2. The third kappa shape index (κ3) is 4.21. The second-order valence-corrected chi connectivity index (χ2v) is 5.55. The standard InChI is InChI=1S/C15H11Cl2N3O4/c1-8(21)18-10-2-4-11(5-3-10)19-15(22)9-6-12(16)14(17)13(7-9)20(23)24/h2-7H,1H3,(H,18,21)(H,19,22). The van der Waals surface area contributed by atoms with Crippen molar-refractivity contribution in [3.05, 3.63) is 62.1 Å². The molecule has 2 amide bonds. The second-order valence-electron chi connectivity index (χ2n) is 4.76. The maximum Gasteiger partial charge on any atom is 0.290 e. The highest BCUT2D eigenvalue weighted by Crippen LogP contribution is 2.33. The Hall–Kier alpha value is -2.64. The predicted octanol–water partition coefficient (Wildman–Crippen LogP) is 4.11. The summed E-state index contributed by atoms with van der Waals surface area (Å²) in [5, 5.41) is 15.8. The van der Waals surface area contributed by atoms with Crippen LogP contribution in [0.25, 0.3) is 0 Å². The Morgan fingerprint density at radius 1 is 1.04 bits per heavy atom. The van der Waals surface area contributed by atoms with Crippen LogP contribution in [0, 0.1) is 10.1 Å². The SMILES string of the molecule is CC(=O)Nc1ccc(NC(=O)c2cc(Cl)c(Cl)c([N+](=O)[O-])c2)cc1. The van der Waals surface area contributed by atoms with E-state index < -0.39 is 16.5 Å². The maximum atomic E-state index is 12.2. The minimum absolute atomic E-state index is 0.00189. The molecule has 0 aliphatic carbocycles. The largest absolute Gasteiger partial charge is 0.326 e. The molecule has 0 aliphatic heterocycles. The quantitative estimate of drug-likeness (QED) is 0.626. The van der Waals surface area contributed by atoms with Gasteiger partial charge >= 0.3 is 0 Å². The van der Waals surface area contributed by atoms with Crippen LogP contribution in [0.1, 0.15) is 17.3 Å². The van der Waals surface area contributed by atoms with Gasteiger partial charge in [0.05, 0.1) is 9.95 Å². The van der Waals surface area contributed by atoms with E-state index in [9.17, 15) is 19.7 Å². The number of rotatable bonds is 4. The van der Waals surface area contributed by atoms with Gasteiger partial charge in [-0.1, -0.05) is 23.2 Å². The first kappa shape index (κ1) is 17.7. The van der Waals surface area contributed by atoms with Crippen molar-refractivity contribution >= 4 is 52.1 Å². The number of carbonyl (C=O) groups is 2. The average molecular weight is 368 g/mol. The normalized spacial score (nSPS) is 10.1. The molecule has 0 aromatic heterocycles. The highest BCUT2D eigenvalue weighted by molar-refractivity contribution is 6.43. The summed E-state index contributed by atoms with van der Waals surface area (Å²) in [6.45, 7) is 1.38. The number of benzene rings is 2. The van der Waals surface area contributed by atoms with Crippen LogP contribution in [-0.4, -0.2) is 16.7 Å². The van der Waals surface area contributed by atoms with Crippen molar-refractivity contribution in [1.82, 2.24) is 0 Å². The average Bonchev–Trinajstić information content (AvgIpc) is 2.50. The molecule has 2 rings (SSSR count). The zero-order valence-corrected chi connectivity index (χ0v) is 13.8. The minimum Gasteiger partial charge on any atom is -0.326 e. The molecule has 0 bridgehead atoms. The van der Waals surface area contributed by atoms with Crippen molar-refractivity contribution in [3.8, 4) is 0 Å². The number of carbonyl (C=O) groups excluding carboxylic acids is 2. The molecule has 24 heavy (non-hydrogen) atoms. The van der Waals surface area contributed by atoms with Gasteiger partial charge in [0, 0.05) is 29.9 Å². The number of amides is 2. The molecule has 9 heteroatoms. The number of hydrogen-bond acceptors (Lipinski definition) is 4. The van der Waals surface area contributed by atoms with Gasteiger partial charge in [-0.05, 0) is 30.3 Å². The molecule has 7 nitrogen and oxygen atoms in total. The Morgan fingerprint density at radius 2 is 1.58 bits per heavy atom. The van der Waals surface area contributed by atoms with E-state index in [4.69, 9.17) is 23.2 Å². The summed E-state index contributed by atoms with van der Waals surface area (Å²) in [7, 11) is 0. The van der Waals surface area contributed by atoms with E-state index in [1.807, 2.05) is 0 Å². The van der Waals surface area contributed by atoms with Crippen molar-refractivity contribution in [2.75, 3.05) is 10.6 Å². The Kier molecular flexibility index (Phi) is 5.38. The van der Waals surface area contributed by atoms with Crippen LogP contribution in [0.2, 0.25) is 10.0 Å². The summed E-state index contributed by atoms with van der Waals surface area (Å²) < 4.78 is 0. The van der Waals surface area contributed by atoms with Gasteiger partial charge in [0.1, 0.15) is 5.02 Å². The van der Waals surface area contributed by atoms with Gasteiger partial charge in [0.2, 0.25) is 5.91 Å². The Morgan fingerprint density at radius 3 is 2.08 bits per heavy atom. The number of nitro benzene ring substituents is 1. The first-order chi connectivity index (χ1) is 11.3. The van der Waals surface area contributed by atoms with Crippen LogP contribution < -0.4 is 10.6 Å². The molecule has 0 unspecified atom stereocenters. The molecule has 124 valence electrons. The molecule has 0 saturated heterocycles.